The summed E-state index contributed by atoms with van der Waals surface area (Å²) in [6.07, 6.45) is 60.6. The van der Waals surface area contributed by atoms with E-state index in [0.29, 0.717) is 38.9 Å². The van der Waals surface area contributed by atoms with Gasteiger partial charge in [-0.15, -0.1) is 0 Å². The van der Waals surface area contributed by atoms with Crippen molar-refractivity contribution in [2.45, 2.75) is 329 Å². The molecule has 0 bridgehead atoms. The van der Waals surface area contributed by atoms with Crippen LogP contribution in [0.3, 0.4) is 0 Å². The molecule has 0 fully saturated rings. The van der Waals surface area contributed by atoms with Crippen molar-refractivity contribution in [3.05, 3.63) is 0 Å². The van der Waals surface area contributed by atoms with E-state index in [-0.39, 0.29) is 19.8 Å². The van der Waals surface area contributed by atoms with E-state index in [1.54, 1.807) is 4.90 Å². The molecule has 10 nitrogen and oxygen atoms in total. The minimum Gasteiger partial charge on any atom is -0.481 e. The highest BCUT2D eigenvalue weighted by Crippen LogP contribution is 2.16. The average molecular weight is 1000 g/mol. The number of rotatable bonds is 54. The molecule has 70 heavy (non-hydrogen) atoms. The minimum absolute atomic E-state index is 0.0694. The molecule has 0 unspecified atom stereocenters. The number of unbranched alkanes of at least 4 members (excludes halogenated alkanes) is 42. The molecule has 0 rings (SSSR count). The molecule has 0 saturated heterocycles. The smallest absolute Gasteiger partial charge is 0.303 e. The first-order chi connectivity index (χ1) is 34.2. The van der Waals surface area contributed by atoms with Crippen LogP contribution in [-0.4, -0.2) is 92.9 Å². The molecule has 0 spiro atoms. The Morgan fingerprint density at radius 1 is 0.243 bits per heavy atom. The number of carboxylic acid groups (broad SMARTS) is 3. The van der Waals surface area contributed by atoms with Gasteiger partial charge in [0.25, 0.3) is 0 Å². The third kappa shape index (κ3) is 83.1. The van der Waals surface area contributed by atoms with Gasteiger partial charge >= 0.3 is 17.9 Å². The Morgan fingerprint density at radius 2 is 0.371 bits per heavy atom. The van der Waals surface area contributed by atoms with Gasteiger partial charge in [0.2, 0.25) is 0 Å². The van der Waals surface area contributed by atoms with E-state index in [2.05, 4.69) is 20.8 Å². The number of aliphatic carboxylic acids is 3. The number of carbonyl (C=O) groups is 3. The Balaban J connectivity index is -0.000000426. The molecule has 0 aromatic rings. The summed E-state index contributed by atoms with van der Waals surface area (Å²) in [5, 5.41) is 51.0. The molecule has 0 radical (unpaired) electrons. The molecular formula is C60H123NO9. The van der Waals surface area contributed by atoms with Crippen LogP contribution in [0.2, 0.25) is 0 Å². The summed E-state index contributed by atoms with van der Waals surface area (Å²) in [5.74, 6) is -1.96. The highest BCUT2D eigenvalue weighted by atomic mass is 16.4. The minimum atomic E-state index is -0.653. The predicted molar refractivity (Wildman–Crippen MR) is 299 cm³/mol. The number of nitrogens with zero attached hydrogens (tertiary/aromatic N) is 1. The molecule has 0 aliphatic carbocycles. The molecule has 422 valence electrons. The molecule has 0 aliphatic heterocycles. The van der Waals surface area contributed by atoms with Crippen molar-refractivity contribution in [2.75, 3.05) is 39.5 Å². The van der Waals surface area contributed by atoms with Gasteiger partial charge in [-0.1, -0.05) is 290 Å². The van der Waals surface area contributed by atoms with E-state index in [4.69, 9.17) is 30.6 Å². The molecule has 0 amide bonds. The number of hydrogen-bond acceptors (Lipinski definition) is 7. The summed E-state index contributed by atoms with van der Waals surface area (Å²) in [6, 6.07) is 0. The van der Waals surface area contributed by atoms with E-state index < -0.39 is 17.9 Å². The Hall–Kier alpha value is -1.75. The van der Waals surface area contributed by atoms with Gasteiger partial charge in [0.15, 0.2) is 0 Å². The summed E-state index contributed by atoms with van der Waals surface area (Å²) in [6.45, 7) is 8.56. The number of hydrogen-bond donors (Lipinski definition) is 6. The number of carboxylic acids is 3. The van der Waals surface area contributed by atoms with Crippen LogP contribution in [0.5, 0.6) is 0 Å². The van der Waals surface area contributed by atoms with Crippen molar-refractivity contribution >= 4 is 17.9 Å². The van der Waals surface area contributed by atoms with Crippen LogP contribution < -0.4 is 0 Å². The van der Waals surface area contributed by atoms with Crippen molar-refractivity contribution in [2.24, 2.45) is 0 Å². The van der Waals surface area contributed by atoms with Crippen LogP contribution in [0.15, 0.2) is 0 Å². The molecule has 0 aromatic heterocycles. The zero-order valence-corrected chi connectivity index (χ0v) is 47.0. The predicted octanol–water partition coefficient (Wildman–Crippen LogP) is 17.3. The lowest BCUT2D eigenvalue weighted by atomic mass is 10.0. The van der Waals surface area contributed by atoms with Crippen molar-refractivity contribution < 1.29 is 45.0 Å². The van der Waals surface area contributed by atoms with Crippen molar-refractivity contribution in [1.29, 1.82) is 0 Å². The van der Waals surface area contributed by atoms with Crippen LogP contribution in [0.25, 0.3) is 0 Å². The van der Waals surface area contributed by atoms with Gasteiger partial charge in [-0.2, -0.15) is 0 Å². The second-order valence-electron chi connectivity index (χ2n) is 20.3. The maximum absolute atomic E-state index is 10.3. The molecule has 0 heterocycles. The standard InChI is InChI=1S/3C18H36O2.C6H15NO3/c3*1-2-3-4-5-6-7-8-9-10-11-12-13-14-15-16-17-18(19)20;8-4-1-7(2-5-9)3-6-10/h3*2-17H2,1H3,(H,19,20);8-10H,1-6H2. The Morgan fingerprint density at radius 3 is 0.486 bits per heavy atom. The molecule has 0 aliphatic rings. The van der Waals surface area contributed by atoms with E-state index >= 15 is 0 Å². The van der Waals surface area contributed by atoms with Crippen LogP contribution >= 0.6 is 0 Å². The molecule has 0 saturated carbocycles. The lowest BCUT2D eigenvalue weighted by molar-refractivity contribution is -0.138. The van der Waals surface area contributed by atoms with Crippen LogP contribution in [0.4, 0.5) is 0 Å². The topological polar surface area (TPSA) is 176 Å². The summed E-state index contributed by atoms with van der Waals surface area (Å²) in [4.78, 5) is 32.8. The Bertz CT molecular complexity index is 850. The normalized spacial score (nSPS) is 10.8. The first-order valence-electron chi connectivity index (χ1n) is 30.4. The average Bonchev–Trinajstić information content (AvgIpc) is 3.33. The van der Waals surface area contributed by atoms with Crippen LogP contribution in [0.1, 0.15) is 329 Å². The van der Waals surface area contributed by atoms with Crippen molar-refractivity contribution in [3.63, 3.8) is 0 Å². The van der Waals surface area contributed by atoms with Crippen molar-refractivity contribution in [3.8, 4) is 0 Å². The molecule has 6 N–H and O–H groups in total. The molecule has 10 heteroatoms. The van der Waals surface area contributed by atoms with Gasteiger partial charge in [-0.3, -0.25) is 19.3 Å². The summed E-state index contributed by atoms with van der Waals surface area (Å²) in [7, 11) is 0. The zero-order valence-electron chi connectivity index (χ0n) is 47.0. The molecule has 0 atom stereocenters. The summed E-state index contributed by atoms with van der Waals surface area (Å²) in [5.41, 5.74) is 0. The largest absolute Gasteiger partial charge is 0.481 e. The van der Waals surface area contributed by atoms with Gasteiger partial charge in [-0.05, 0) is 19.3 Å². The van der Waals surface area contributed by atoms with Gasteiger partial charge in [0, 0.05) is 38.9 Å². The summed E-state index contributed by atoms with van der Waals surface area (Å²) < 4.78 is 0. The lowest BCUT2D eigenvalue weighted by Gasteiger charge is -2.17. The SMILES string of the molecule is CCCCCCCCCCCCCCCCCC(=O)O.CCCCCCCCCCCCCCCCCC(=O)O.CCCCCCCCCCCCCCCCCC(=O)O.OCCN(CCO)CCO. The summed E-state index contributed by atoms with van der Waals surface area (Å²) >= 11 is 0. The number of aliphatic hydroxyl groups excluding tert-OH is 3. The highest BCUT2D eigenvalue weighted by molar-refractivity contribution is 5.67. The van der Waals surface area contributed by atoms with Gasteiger partial charge in [-0.25, -0.2) is 0 Å². The second-order valence-corrected chi connectivity index (χ2v) is 20.3. The molecular weight excluding hydrogens is 879 g/mol. The van der Waals surface area contributed by atoms with E-state index in [1.165, 1.54) is 250 Å². The van der Waals surface area contributed by atoms with E-state index in [1.807, 2.05) is 0 Å². The van der Waals surface area contributed by atoms with Gasteiger partial charge < -0.3 is 30.6 Å². The quantitative estimate of drug-likeness (QED) is 0.0322. The zero-order chi connectivity index (χ0) is 52.5. The van der Waals surface area contributed by atoms with Gasteiger partial charge in [0.05, 0.1) is 19.8 Å². The monoisotopic (exact) mass is 1000 g/mol. The third-order valence-electron chi connectivity index (χ3n) is 13.2. The van der Waals surface area contributed by atoms with Crippen molar-refractivity contribution in [1.82, 2.24) is 4.90 Å². The van der Waals surface area contributed by atoms with Gasteiger partial charge in [0.1, 0.15) is 0 Å². The maximum atomic E-state index is 10.3. The fraction of sp³-hybridized carbons (Fsp3) is 0.950. The Kier molecular flexibility index (Phi) is 76.4. The van der Waals surface area contributed by atoms with Crippen LogP contribution in [-0.2, 0) is 14.4 Å². The fourth-order valence-electron chi connectivity index (χ4n) is 8.70. The molecule has 0 aromatic carbocycles. The van der Waals surface area contributed by atoms with E-state index in [9.17, 15) is 14.4 Å². The first-order valence-corrected chi connectivity index (χ1v) is 30.4. The maximum Gasteiger partial charge on any atom is 0.303 e. The first kappa shape index (κ1) is 74.8. The fourth-order valence-corrected chi connectivity index (χ4v) is 8.70. The van der Waals surface area contributed by atoms with Crippen LogP contribution in [0, 0.1) is 0 Å². The number of aliphatic hydroxyl groups is 3. The second kappa shape index (κ2) is 71.5. The Labute approximate surface area is 434 Å². The third-order valence-corrected chi connectivity index (χ3v) is 13.2. The highest BCUT2D eigenvalue weighted by Gasteiger charge is 2.02. The lowest BCUT2D eigenvalue weighted by Crippen LogP contribution is -2.32. The van der Waals surface area contributed by atoms with E-state index in [0.717, 1.165) is 38.5 Å².